The molecule has 0 spiro atoms. The van der Waals surface area contributed by atoms with Crippen LogP contribution in [0.15, 0.2) is 29.6 Å². The Hall–Kier alpha value is -0.860. The van der Waals surface area contributed by atoms with Gasteiger partial charge in [-0.3, -0.25) is 0 Å². The predicted octanol–water partition coefficient (Wildman–Crippen LogP) is 4.34. The van der Waals surface area contributed by atoms with E-state index in [0.29, 0.717) is 5.92 Å². The molecular formula is C14H19NS. The molecule has 0 aliphatic carbocycles. The minimum absolute atomic E-state index is 0.178. The first-order valence-corrected chi connectivity index (χ1v) is 6.82. The summed E-state index contributed by atoms with van der Waals surface area (Å²) in [5.41, 5.74) is 7.62. The highest BCUT2D eigenvalue weighted by molar-refractivity contribution is 7.17. The summed E-state index contributed by atoms with van der Waals surface area (Å²) in [6.07, 6.45) is 2.28. The molecule has 0 aliphatic rings. The van der Waals surface area contributed by atoms with E-state index in [-0.39, 0.29) is 6.04 Å². The standard InChI is InChI=1S/C14H19NS/c1-3-10(2)9-13(15)12-6-4-5-11-7-8-16-14(11)12/h4-8,10,13H,3,9,15H2,1-2H3. The molecule has 16 heavy (non-hydrogen) atoms. The Morgan fingerprint density at radius 2 is 2.12 bits per heavy atom. The molecule has 0 bridgehead atoms. The fourth-order valence-electron chi connectivity index (χ4n) is 2.04. The number of hydrogen-bond acceptors (Lipinski definition) is 2. The second-order valence-corrected chi connectivity index (χ2v) is 5.46. The van der Waals surface area contributed by atoms with Gasteiger partial charge in [0, 0.05) is 10.7 Å². The quantitative estimate of drug-likeness (QED) is 0.835. The van der Waals surface area contributed by atoms with Crippen molar-refractivity contribution in [3.05, 3.63) is 35.2 Å². The molecule has 1 nitrogen and oxygen atoms in total. The molecule has 0 saturated carbocycles. The lowest BCUT2D eigenvalue weighted by Crippen LogP contribution is -2.13. The molecule has 2 atom stereocenters. The summed E-state index contributed by atoms with van der Waals surface area (Å²) in [6, 6.07) is 8.79. The lowest BCUT2D eigenvalue weighted by Gasteiger charge is -2.17. The first-order valence-electron chi connectivity index (χ1n) is 5.94. The molecule has 0 fully saturated rings. The fraction of sp³-hybridized carbons (Fsp3) is 0.429. The summed E-state index contributed by atoms with van der Waals surface area (Å²) in [5.74, 6) is 0.699. The summed E-state index contributed by atoms with van der Waals surface area (Å²) in [7, 11) is 0. The Morgan fingerprint density at radius 1 is 1.31 bits per heavy atom. The zero-order valence-corrected chi connectivity index (χ0v) is 10.8. The van der Waals surface area contributed by atoms with Crippen molar-refractivity contribution in [1.29, 1.82) is 0 Å². The number of hydrogen-bond donors (Lipinski definition) is 1. The van der Waals surface area contributed by atoms with Gasteiger partial charge >= 0.3 is 0 Å². The van der Waals surface area contributed by atoms with Gasteiger partial charge in [-0.05, 0) is 34.7 Å². The van der Waals surface area contributed by atoms with Crippen LogP contribution in [0.5, 0.6) is 0 Å². The number of thiophene rings is 1. The lowest BCUT2D eigenvalue weighted by atomic mass is 9.94. The zero-order valence-electron chi connectivity index (χ0n) is 9.94. The van der Waals surface area contributed by atoms with Crippen molar-refractivity contribution < 1.29 is 0 Å². The molecule has 0 aliphatic heterocycles. The van der Waals surface area contributed by atoms with Gasteiger partial charge in [0.1, 0.15) is 0 Å². The third-order valence-electron chi connectivity index (χ3n) is 3.26. The van der Waals surface area contributed by atoms with Crippen LogP contribution >= 0.6 is 11.3 Å². The highest BCUT2D eigenvalue weighted by atomic mass is 32.1. The maximum atomic E-state index is 6.30. The monoisotopic (exact) mass is 233 g/mol. The number of fused-ring (bicyclic) bond motifs is 1. The second-order valence-electron chi connectivity index (χ2n) is 4.54. The highest BCUT2D eigenvalue weighted by Gasteiger charge is 2.13. The van der Waals surface area contributed by atoms with E-state index in [1.165, 1.54) is 22.1 Å². The molecule has 2 rings (SSSR count). The average Bonchev–Trinajstić information content (AvgIpc) is 2.76. The van der Waals surface area contributed by atoms with Crippen molar-refractivity contribution in [1.82, 2.24) is 0 Å². The largest absolute Gasteiger partial charge is 0.324 e. The van der Waals surface area contributed by atoms with E-state index >= 15 is 0 Å². The van der Waals surface area contributed by atoms with Crippen molar-refractivity contribution >= 4 is 21.4 Å². The Bertz CT molecular complexity index is 460. The summed E-state index contributed by atoms with van der Waals surface area (Å²) < 4.78 is 1.36. The lowest BCUT2D eigenvalue weighted by molar-refractivity contribution is 0.463. The van der Waals surface area contributed by atoms with E-state index in [4.69, 9.17) is 5.73 Å². The van der Waals surface area contributed by atoms with E-state index in [2.05, 4.69) is 43.5 Å². The molecule has 0 saturated heterocycles. The van der Waals surface area contributed by atoms with Gasteiger partial charge in [-0.2, -0.15) is 0 Å². The van der Waals surface area contributed by atoms with Crippen LogP contribution < -0.4 is 5.73 Å². The Morgan fingerprint density at radius 3 is 2.88 bits per heavy atom. The normalized spacial score (nSPS) is 15.2. The van der Waals surface area contributed by atoms with Crippen molar-refractivity contribution in [2.75, 3.05) is 0 Å². The molecule has 86 valence electrons. The SMILES string of the molecule is CCC(C)CC(N)c1cccc2ccsc12. The Labute approximate surface area is 101 Å². The van der Waals surface area contributed by atoms with Crippen LogP contribution in [0.1, 0.15) is 38.3 Å². The number of benzene rings is 1. The fourth-order valence-corrected chi connectivity index (χ4v) is 3.01. The molecule has 1 aromatic heterocycles. The van der Waals surface area contributed by atoms with Crippen molar-refractivity contribution in [2.24, 2.45) is 11.7 Å². The van der Waals surface area contributed by atoms with Gasteiger partial charge < -0.3 is 5.73 Å². The molecule has 2 heteroatoms. The van der Waals surface area contributed by atoms with E-state index < -0.39 is 0 Å². The molecule has 2 N–H and O–H groups in total. The summed E-state index contributed by atoms with van der Waals surface area (Å²) >= 11 is 1.80. The summed E-state index contributed by atoms with van der Waals surface area (Å²) in [6.45, 7) is 4.50. The molecular weight excluding hydrogens is 214 g/mol. The third-order valence-corrected chi connectivity index (χ3v) is 4.24. The van der Waals surface area contributed by atoms with Crippen LogP contribution in [0.2, 0.25) is 0 Å². The van der Waals surface area contributed by atoms with Crippen LogP contribution in [0.3, 0.4) is 0 Å². The van der Waals surface area contributed by atoms with Gasteiger partial charge in [-0.25, -0.2) is 0 Å². The average molecular weight is 233 g/mol. The maximum absolute atomic E-state index is 6.30. The van der Waals surface area contributed by atoms with Gasteiger partial charge in [0.15, 0.2) is 0 Å². The molecule has 1 heterocycles. The van der Waals surface area contributed by atoms with Gasteiger partial charge in [-0.15, -0.1) is 11.3 Å². The van der Waals surface area contributed by atoms with Crippen LogP contribution in [0.25, 0.3) is 10.1 Å². The topological polar surface area (TPSA) is 26.0 Å². The molecule has 2 unspecified atom stereocenters. The maximum Gasteiger partial charge on any atom is 0.0390 e. The molecule has 0 radical (unpaired) electrons. The van der Waals surface area contributed by atoms with Gasteiger partial charge in [-0.1, -0.05) is 38.5 Å². The van der Waals surface area contributed by atoms with E-state index in [1.54, 1.807) is 11.3 Å². The Kier molecular flexibility index (Phi) is 3.62. The number of nitrogens with two attached hydrogens (primary N) is 1. The molecule has 0 amide bonds. The molecule has 2 aromatic rings. The predicted molar refractivity (Wildman–Crippen MR) is 72.8 cm³/mol. The zero-order chi connectivity index (χ0) is 11.5. The minimum atomic E-state index is 0.178. The summed E-state index contributed by atoms with van der Waals surface area (Å²) in [5, 5.41) is 3.46. The third kappa shape index (κ3) is 2.28. The van der Waals surface area contributed by atoms with Crippen molar-refractivity contribution in [3.63, 3.8) is 0 Å². The van der Waals surface area contributed by atoms with Crippen LogP contribution in [0, 0.1) is 5.92 Å². The van der Waals surface area contributed by atoms with E-state index in [0.717, 1.165) is 6.42 Å². The van der Waals surface area contributed by atoms with Gasteiger partial charge in [0.2, 0.25) is 0 Å². The first kappa shape index (κ1) is 11.6. The van der Waals surface area contributed by atoms with E-state index in [9.17, 15) is 0 Å². The molecule has 1 aromatic carbocycles. The van der Waals surface area contributed by atoms with Gasteiger partial charge in [0.05, 0.1) is 0 Å². The van der Waals surface area contributed by atoms with E-state index in [1.807, 2.05) is 0 Å². The van der Waals surface area contributed by atoms with Crippen LogP contribution in [-0.4, -0.2) is 0 Å². The van der Waals surface area contributed by atoms with Gasteiger partial charge in [0.25, 0.3) is 0 Å². The minimum Gasteiger partial charge on any atom is -0.324 e. The highest BCUT2D eigenvalue weighted by Crippen LogP contribution is 2.31. The van der Waals surface area contributed by atoms with Crippen molar-refractivity contribution in [2.45, 2.75) is 32.7 Å². The Balaban J connectivity index is 2.28. The number of rotatable bonds is 4. The summed E-state index contributed by atoms with van der Waals surface area (Å²) in [4.78, 5) is 0. The smallest absolute Gasteiger partial charge is 0.0390 e. The first-order chi connectivity index (χ1) is 7.72. The van der Waals surface area contributed by atoms with Crippen LogP contribution in [0.4, 0.5) is 0 Å². The second kappa shape index (κ2) is 4.98. The van der Waals surface area contributed by atoms with Crippen LogP contribution in [-0.2, 0) is 0 Å². The van der Waals surface area contributed by atoms with Crippen molar-refractivity contribution in [3.8, 4) is 0 Å².